The van der Waals surface area contributed by atoms with Crippen LogP contribution in [-0.2, 0) is 0 Å². The quantitative estimate of drug-likeness (QED) is 0.196. The molecule has 0 amide bonds. The summed E-state index contributed by atoms with van der Waals surface area (Å²) in [4.78, 5) is 10.1. The van der Waals surface area contributed by atoms with Crippen LogP contribution in [0.25, 0.3) is 0 Å². The summed E-state index contributed by atoms with van der Waals surface area (Å²) in [5.74, 6) is 0.159. The topological polar surface area (TPSA) is 111 Å². The number of amidine groups is 1. The number of hydrogen-bond donors (Lipinski definition) is 2. The number of benzene rings is 1. The van der Waals surface area contributed by atoms with Crippen molar-refractivity contribution in [2.75, 3.05) is 6.61 Å². The molecule has 0 fully saturated rings. The minimum Gasteiger partial charge on any atom is -0.493 e. The molecule has 0 atom stereocenters. The summed E-state index contributed by atoms with van der Waals surface area (Å²) >= 11 is 0. The monoisotopic (exact) mass is 267 g/mol. The van der Waals surface area contributed by atoms with E-state index in [2.05, 4.69) is 12.1 Å². The van der Waals surface area contributed by atoms with E-state index in [1.54, 1.807) is 0 Å². The Morgan fingerprint density at radius 1 is 1.53 bits per heavy atom. The highest BCUT2D eigenvalue weighted by molar-refractivity contribution is 6.00. The Morgan fingerprint density at radius 3 is 2.84 bits per heavy atom. The van der Waals surface area contributed by atoms with Gasteiger partial charge in [0.15, 0.2) is 5.84 Å². The molecule has 0 spiro atoms. The second-order valence-electron chi connectivity index (χ2n) is 3.98. The molecule has 0 aliphatic carbocycles. The van der Waals surface area contributed by atoms with Crippen LogP contribution in [0.1, 0.15) is 31.7 Å². The molecule has 1 rings (SSSR count). The van der Waals surface area contributed by atoms with Gasteiger partial charge in [-0.3, -0.25) is 10.1 Å². The standard InChI is InChI=1S/C12H17N3O4/c1-2-3-4-7-19-11-6-5-9(15(17)18)8-10(11)12(13)14-16/h5-6,8,16H,2-4,7H2,1H3,(H2,13,14). The number of nitro groups is 1. The predicted octanol–water partition coefficient (Wildman–Crippen LogP) is 2.26. The molecule has 104 valence electrons. The maximum atomic E-state index is 10.7. The molecule has 0 unspecified atom stereocenters. The first kappa shape index (κ1) is 14.7. The Bertz CT molecular complexity index is 474. The van der Waals surface area contributed by atoms with Crippen molar-refractivity contribution >= 4 is 11.5 Å². The van der Waals surface area contributed by atoms with Gasteiger partial charge in [-0.05, 0) is 12.5 Å². The van der Waals surface area contributed by atoms with E-state index < -0.39 is 4.92 Å². The fourth-order valence-corrected chi connectivity index (χ4v) is 1.55. The zero-order valence-electron chi connectivity index (χ0n) is 10.7. The van der Waals surface area contributed by atoms with E-state index >= 15 is 0 Å². The molecule has 1 aromatic carbocycles. The zero-order chi connectivity index (χ0) is 14.3. The van der Waals surface area contributed by atoms with Crippen molar-refractivity contribution in [1.29, 1.82) is 0 Å². The van der Waals surface area contributed by atoms with E-state index in [9.17, 15) is 10.1 Å². The first-order valence-electron chi connectivity index (χ1n) is 5.99. The summed E-state index contributed by atoms with van der Waals surface area (Å²) in [7, 11) is 0. The third-order valence-electron chi connectivity index (χ3n) is 2.56. The van der Waals surface area contributed by atoms with Gasteiger partial charge in [0.25, 0.3) is 5.69 Å². The van der Waals surface area contributed by atoms with Crippen LogP contribution >= 0.6 is 0 Å². The van der Waals surface area contributed by atoms with Crippen molar-refractivity contribution in [3.8, 4) is 5.75 Å². The number of rotatable bonds is 7. The fourth-order valence-electron chi connectivity index (χ4n) is 1.55. The molecule has 0 radical (unpaired) electrons. The molecular weight excluding hydrogens is 250 g/mol. The molecule has 0 saturated carbocycles. The second-order valence-corrected chi connectivity index (χ2v) is 3.98. The number of oxime groups is 1. The van der Waals surface area contributed by atoms with Crippen molar-refractivity contribution in [1.82, 2.24) is 0 Å². The molecule has 0 saturated heterocycles. The van der Waals surface area contributed by atoms with Crippen molar-refractivity contribution in [3.63, 3.8) is 0 Å². The molecular formula is C12H17N3O4. The van der Waals surface area contributed by atoms with Gasteiger partial charge in [-0.25, -0.2) is 0 Å². The molecule has 0 aliphatic heterocycles. The minimum atomic E-state index is -0.547. The number of nitro benzene ring substituents is 1. The Morgan fingerprint density at radius 2 is 2.26 bits per heavy atom. The predicted molar refractivity (Wildman–Crippen MR) is 70.6 cm³/mol. The molecule has 0 aromatic heterocycles. The van der Waals surface area contributed by atoms with Crippen LogP contribution in [0, 0.1) is 10.1 Å². The zero-order valence-corrected chi connectivity index (χ0v) is 10.7. The number of ether oxygens (including phenoxy) is 1. The number of nitrogens with two attached hydrogens (primary N) is 1. The lowest BCUT2D eigenvalue weighted by molar-refractivity contribution is -0.384. The number of non-ortho nitro benzene ring substituents is 1. The average molecular weight is 267 g/mol. The molecule has 19 heavy (non-hydrogen) atoms. The van der Waals surface area contributed by atoms with Crippen LogP contribution < -0.4 is 10.5 Å². The molecule has 1 aromatic rings. The van der Waals surface area contributed by atoms with E-state index in [1.165, 1.54) is 18.2 Å². The Labute approximate surface area is 110 Å². The van der Waals surface area contributed by atoms with E-state index in [1.807, 2.05) is 0 Å². The van der Waals surface area contributed by atoms with Crippen LogP contribution in [0.15, 0.2) is 23.4 Å². The lowest BCUT2D eigenvalue weighted by Crippen LogP contribution is -2.15. The maximum Gasteiger partial charge on any atom is 0.270 e. The maximum absolute atomic E-state index is 10.7. The highest BCUT2D eigenvalue weighted by Crippen LogP contribution is 2.24. The Balaban J connectivity index is 2.93. The highest BCUT2D eigenvalue weighted by atomic mass is 16.6. The summed E-state index contributed by atoms with van der Waals surface area (Å²) in [5.41, 5.74) is 5.57. The highest BCUT2D eigenvalue weighted by Gasteiger charge is 2.14. The molecule has 3 N–H and O–H groups in total. The van der Waals surface area contributed by atoms with E-state index in [0.29, 0.717) is 12.4 Å². The summed E-state index contributed by atoms with van der Waals surface area (Å²) < 4.78 is 5.50. The van der Waals surface area contributed by atoms with Crippen molar-refractivity contribution < 1.29 is 14.9 Å². The largest absolute Gasteiger partial charge is 0.493 e. The van der Waals surface area contributed by atoms with Crippen LogP contribution in [0.2, 0.25) is 0 Å². The van der Waals surface area contributed by atoms with Gasteiger partial charge in [0, 0.05) is 12.1 Å². The molecule has 7 heteroatoms. The molecule has 0 heterocycles. The van der Waals surface area contributed by atoms with Gasteiger partial charge < -0.3 is 15.7 Å². The SMILES string of the molecule is CCCCCOc1ccc([N+](=O)[O-])cc1C(N)=NO. The second kappa shape index (κ2) is 7.20. The molecule has 0 bridgehead atoms. The van der Waals surface area contributed by atoms with Crippen LogP contribution in [0.4, 0.5) is 5.69 Å². The van der Waals surface area contributed by atoms with Gasteiger partial charge in [0.05, 0.1) is 17.1 Å². The Hall–Kier alpha value is -2.31. The summed E-state index contributed by atoms with van der Waals surface area (Å²) in [6.07, 6.45) is 2.98. The number of unbranched alkanes of at least 4 members (excludes halogenated alkanes) is 2. The Kier molecular flexibility index (Phi) is 5.59. The van der Waals surface area contributed by atoms with E-state index in [0.717, 1.165) is 19.3 Å². The van der Waals surface area contributed by atoms with Gasteiger partial charge in [-0.1, -0.05) is 24.9 Å². The first-order valence-corrected chi connectivity index (χ1v) is 5.99. The lowest BCUT2D eigenvalue weighted by atomic mass is 10.1. The average Bonchev–Trinajstić information content (AvgIpc) is 2.42. The van der Waals surface area contributed by atoms with Crippen molar-refractivity contribution in [2.45, 2.75) is 26.2 Å². The first-order chi connectivity index (χ1) is 9.10. The number of nitrogens with zero attached hydrogens (tertiary/aromatic N) is 2. The number of hydrogen-bond acceptors (Lipinski definition) is 5. The van der Waals surface area contributed by atoms with Gasteiger partial charge in [0.2, 0.25) is 0 Å². The molecule has 0 aliphatic rings. The normalized spacial score (nSPS) is 11.3. The van der Waals surface area contributed by atoms with Crippen LogP contribution in [-0.4, -0.2) is 22.6 Å². The van der Waals surface area contributed by atoms with Crippen molar-refractivity contribution in [2.24, 2.45) is 10.9 Å². The smallest absolute Gasteiger partial charge is 0.270 e. The summed E-state index contributed by atoms with van der Waals surface area (Å²) in [5, 5.41) is 22.2. The third-order valence-corrected chi connectivity index (χ3v) is 2.56. The summed E-state index contributed by atoms with van der Waals surface area (Å²) in [6, 6.07) is 4.00. The fraction of sp³-hybridized carbons (Fsp3) is 0.417. The lowest BCUT2D eigenvalue weighted by Gasteiger charge is -2.10. The third kappa shape index (κ3) is 4.13. The van der Waals surface area contributed by atoms with Crippen LogP contribution in [0.5, 0.6) is 5.75 Å². The van der Waals surface area contributed by atoms with Gasteiger partial charge in [0.1, 0.15) is 5.75 Å². The summed E-state index contributed by atoms with van der Waals surface area (Å²) in [6.45, 7) is 2.56. The van der Waals surface area contributed by atoms with Crippen molar-refractivity contribution in [3.05, 3.63) is 33.9 Å². The van der Waals surface area contributed by atoms with Gasteiger partial charge in [-0.2, -0.15) is 0 Å². The van der Waals surface area contributed by atoms with Crippen LogP contribution in [0.3, 0.4) is 0 Å². The molecule has 7 nitrogen and oxygen atoms in total. The minimum absolute atomic E-state index is 0.137. The van der Waals surface area contributed by atoms with Gasteiger partial charge in [-0.15, -0.1) is 0 Å². The van der Waals surface area contributed by atoms with Gasteiger partial charge >= 0.3 is 0 Å². The van der Waals surface area contributed by atoms with E-state index in [4.69, 9.17) is 15.7 Å². The van der Waals surface area contributed by atoms with E-state index in [-0.39, 0.29) is 17.1 Å².